The smallest absolute Gasteiger partial charge is 0.133 e. The fourth-order valence-corrected chi connectivity index (χ4v) is 3.65. The monoisotopic (exact) mass is 355 g/mol. The number of methoxy groups -OCH3 is 1. The van der Waals surface area contributed by atoms with Crippen molar-refractivity contribution < 1.29 is 9.47 Å². The molecule has 1 unspecified atom stereocenters. The molecule has 0 aliphatic heterocycles. The largest absolute Gasteiger partial charge is 0.490 e. The third-order valence-electron chi connectivity index (χ3n) is 4.61. The molecule has 2 N–H and O–H groups in total. The van der Waals surface area contributed by atoms with Crippen LogP contribution in [0.1, 0.15) is 50.6 Å². The van der Waals surface area contributed by atoms with Gasteiger partial charge in [-0.2, -0.15) is 0 Å². The van der Waals surface area contributed by atoms with E-state index in [2.05, 4.69) is 35.0 Å². The molecule has 1 saturated carbocycles. The van der Waals surface area contributed by atoms with Crippen LogP contribution in [0.3, 0.4) is 0 Å². The van der Waals surface area contributed by atoms with Gasteiger partial charge in [0, 0.05) is 13.2 Å². The Kier molecular flexibility index (Phi) is 6.08. The molecule has 1 aliphatic carbocycles. The van der Waals surface area contributed by atoms with E-state index in [1.54, 1.807) is 7.11 Å². The number of nitrogens with two attached hydrogens (primary N) is 1. The molecule has 0 amide bonds. The minimum absolute atomic E-state index is 0.0853. The molecule has 1 aromatic carbocycles. The fourth-order valence-electron chi connectivity index (χ4n) is 3.14. The van der Waals surface area contributed by atoms with Gasteiger partial charge in [-0.1, -0.05) is 32.3 Å². The number of halogens is 1. The standard InChI is InChI=1S/C17H26BrNO2/c1-17(8-4-3-5-9-17)16(19)13-6-7-15(14(18)12-13)21-11-10-20-2/h6-7,12,16H,3-5,8-11,19H2,1-2H3. The van der Waals surface area contributed by atoms with E-state index in [1.807, 2.05) is 6.07 Å². The lowest BCUT2D eigenvalue weighted by Gasteiger charge is -2.39. The lowest BCUT2D eigenvalue weighted by Crippen LogP contribution is -2.33. The zero-order valence-electron chi connectivity index (χ0n) is 13.0. The zero-order valence-corrected chi connectivity index (χ0v) is 14.6. The van der Waals surface area contributed by atoms with Gasteiger partial charge in [0.15, 0.2) is 0 Å². The highest BCUT2D eigenvalue weighted by atomic mass is 79.9. The Labute approximate surface area is 136 Å². The molecule has 0 spiro atoms. The topological polar surface area (TPSA) is 44.5 Å². The quantitative estimate of drug-likeness (QED) is 0.766. The van der Waals surface area contributed by atoms with Crippen LogP contribution in [0.25, 0.3) is 0 Å². The molecule has 0 bridgehead atoms. The van der Waals surface area contributed by atoms with Crippen molar-refractivity contribution in [2.24, 2.45) is 11.1 Å². The summed E-state index contributed by atoms with van der Waals surface area (Å²) in [5, 5.41) is 0. The minimum Gasteiger partial charge on any atom is -0.490 e. The minimum atomic E-state index is 0.0853. The molecule has 118 valence electrons. The highest BCUT2D eigenvalue weighted by molar-refractivity contribution is 9.10. The van der Waals surface area contributed by atoms with Crippen molar-refractivity contribution in [1.82, 2.24) is 0 Å². The van der Waals surface area contributed by atoms with E-state index < -0.39 is 0 Å². The van der Waals surface area contributed by atoms with Gasteiger partial charge >= 0.3 is 0 Å². The van der Waals surface area contributed by atoms with Gasteiger partial charge in [0.1, 0.15) is 12.4 Å². The summed E-state index contributed by atoms with van der Waals surface area (Å²) in [5.74, 6) is 0.844. The molecule has 21 heavy (non-hydrogen) atoms. The molecule has 0 heterocycles. The van der Waals surface area contributed by atoms with Gasteiger partial charge in [0.05, 0.1) is 11.1 Å². The van der Waals surface area contributed by atoms with E-state index in [9.17, 15) is 0 Å². The van der Waals surface area contributed by atoms with E-state index >= 15 is 0 Å². The third kappa shape index (κ3) is 4.21. The van der Waals surface area contributed by atoms with Gasteiger partial charge in [-0.15, -0.1) is 0 Å². The molecule has 3 nitrogen and oxygen atoms in total. The van der Waals surface area contributed by atoms with Crippen molar-refractivity contribution >= 4 is 15.9 Å². The van der Waals surface area contributed by atoms with Crippen LogP contribution < -0.4 is 10.5 Å². The van der Waals surface area contributed by atoms with Crippen LogP contribution in [0.5, 0.6) is 5.75 Å². The molecule has 0 aromatic heterocycles. The number of hydrogen-bond donors (Lipinski definition) is 1. The molecule has 2 rings (SSSR count). The highest BCUT2D eigenvalue weighted by Crippen LogP contribution is 2.45. The second-order valence-electron chi connectivity index (χ2n) is 6.22. The van der Waals surface area contributed by atoms with E-state index in [1.165, 1.54) is 37.7 Å². The van der Waals surface area contributed by atoms with E-state index in [0.29, 0.717) is 13.2 Å². The van der Waals surface area contributed by atoms with Gasteiger partial charge in [-0.05, 0) is 51.9 Å². The molecule has 1 atom stereocenters. The maximum atomic E-state index is 6.56. The van der Waals surface area contributed by atoms with Crippen molar-refractivity contribution in [3.05, 3.63) is 28.2 Å². The van der Waals surface area contributed by atoms with Crippen molar-refractivity contribution in [3.8, 4) is 5.75 Å². The molecule has 0 saturated heterocycles. The normalized spacial score (nSPS) is 19.2. The molecule has 0 radical (unpaired) electrons. The zero-order chi connectivity index (χ0) is 15.3. The van der Waals surface area contributed by atoms with Crippen molar-refractivity contribution in [2.75, 3.05) is 20.3 Å². The van der Waals surface area contributed by atoms with Gasteiger partial charge in [-0.25, -0.2) is 0 Å². The van der Waals surface area contributed by atoms with E-state index in [-0.39, 0.29) is 11.5 Å². The Morgan fingerprint density at radius 1 is 1.24 bits per heavy atom. The first-order chi connectivity index (χ1) is 10.1. The maximum absolute atomic E-state index is 6.56. The molecular formula is C17H26BrNO2. The van der Waals surface area contributed by atoms with Crippen LogP contribution in [0.4, 0.5) is 0 Å². The Hall–Kier alpha value is -0.580. The molecular weight excluding hydrogens is 330 g/mol. The van der Waals surface area contributed by atoms with Gasteiger partial charge in [-0.3, -0.25) is 0 Å². The van der Waals surface area contributed by atoms with E-state index in [0.717, 1.165) is 10.2 Å². The van der Waals surface area contributed by atoms with Crippen LogP contribution in [0.15, 0.2) is 22.7 Å². The predicted molar refractivity (Wildman–Crippen MR) is 89.6 cm³/mol. The molecule has 1 fully saturated rings. The Bertz CT molecular complexity index is 458. The second-order valence-corrected chi connectivity index (χ2v) is 7.08. The third-order valence-corrected chi connectivity index (χ3v) is 5.23. The Morgan fingerprint density at radius 2 is 1.95 bits per heavy atom. The van der Waals surface area contributed by atoms with Crippen LogP contribution in [0, 0.1) is 5.41 Å². The number of ether oxygens (including phenoxy) is 2. The summed E-state index contributed by atoms with van der Waals surface area (Å²) in [4.78, 5) is 0. The summed E-state index contributed by atoms with van der Waals surface area (Å²) in [5.41, 5.74) is 7.97. The predicted octanol–water partition coefficient (Wildman–Crippen LogP) is 4.44. The van der Waals surface area contributed by atoms with Gasteiger partial charge in [0.25, 0.3) is 0 Å². The first-order valence-electron chi connectivity index (χ1n) is 7.73. The van der Waals surface area contributed by atoms with Crippen molar-refractivity contribution in [3.63, 3.8) is 0 Å². The molecule has 4 heteroatoms. The van der Waals surface area contributed by atoms with E-state index in [4.69, 9.17) is 15.2 Å². The van der Waals surface area contributed by atoms with Crippen LogP contribution in [-0.4, -0.2) is 20.3 Å². The summed E-state index contributed by atoms with van der Waals surface area (Å²) < 4.78 is 11.6. The van der Waals surface area contributed by atoms with Gasteiger partial charge < -0.3 is 15.2 Å². The summed E-state index contributed by atoms with van der Waals surface area (Å²) >= 11 is 3.59. The Morgan fingerprint density at radius 3 is 2.57 bits per heavy atom. The molecule has 1 aromatic rings. The fraction of sp³-hybridized carbons (Fsp3) is 0.647. The second kappa shape index (κ2) is 7.61. The first kappa shape index (κ1) is 16.8. The lowest BCUT2D eigenvalue weighted by atomic mass is 9.69. The lowest BCUT2D eigenvalue weighted by molar-refractivity contribution is 0.146. The van der Waals surface area contributed by atoms with Crippen molar-refractivity contribution in [2.45, 2.75) is 45.1 Å². The number of rotatable bonds is 6. The van der Waals surface area contributed by atoms with Gasteiger partial charge in [0.2, 0.25) is 0 Å². The van der Waals surface area contributed by atoms with Crippen LogP contribution in [0.2, 0.25) is 0 Å². The van der Waals surface area contributed by atoms with Crippen molar-refractivity contribution in [1.29, 1.82) is 0 Å². The van der Waals surface area contributed by atoms with Crippen LogP contribution in [-0.2, 0) is 4.74 Å². The average molecular weight is 356 g/mol. The average Bonchev–Trinajstić information content (AvgIpc) is 2.49. The SMILES string of the molecule is COCCOc1ccc(C(N)C2(C)CCCCC2)cc1Br. The highest BCUT2D eigenvalue weighted by Gasteiger charge is 2.34. The first-order valence-corrected chi connectivity index (χ1v) is 8.53. The summed E-state index contributed by atoms with van der Waals surface area (Å²) in [6, 6.07) is 6.28. The van der Waals surface area contributed by atoms with Crippen LogP contribution >= 0.6 is 15.9 Å². The molecule has 1 aliphatic rings. The Balaban J connectivity index is 2.08. The summed E-state index contributed by atoms with van der Waals surface area (Å²) in [7, 11) is 1.67. The number of hydrogen-bond acceptors (Lipinski definition) is 3. The summed E-state index contributed by atoms with van der Waals surface area (Å²) in [6.45, 7) is 3.47. The summed E-state index contributed by atoms with van der Waals surface area (Å²) in [6.07, 6.45) is 6.38. The number of benzene rings is 1. The maximum Gasteiger partial charge on any atom is 0.133 e.